The van der Waals surface area contributed by atoms with Crippen molar-refractivity contribution in [2.24, 2.45) is 0 Å². The lowest BCUT2D eigenvalue weighted by molar-refractivity contribution is -0.122. The van der Waals surface area contributed by atoms with Gasteiger partial charge in [-0.05, 0) is 34.1 Å². The molecule has 0 amide bonds. The summed E-state index contributed by atoms with van der Waals surface area (Å²) in [5.74, 6) is 0.278. The number of carbonyl (C=O) groups is 1. The van der Waals surface area contributed by atoms with E-state index in [1.165, 1.54) is 10.9 Å². The summed E-state index contributed by atoms with van der Waals surface area (Å²) in [5, 5.41) is 0.452. The quantitative estimate of drug-likeness (QED) is 0.555. The molecule has 1 fully saturated rings. The number of carbonyl (C=O) groups excluding carboxylic acids is 1. The summed E-state index contributed by atoms with van der Waals surface area (Å²) in [6.07, 6.45) is -0.980. The molecular weight excluding hydrogens is 435 g/mol. The number of nitrogens with zero attached hydrogens (tertiary/aromatic N) is 3. The van der Waals surface area contributed by atoms with Crippen molar-refractivity contribution in [3.8, 4) is 0 Å². The second-order valence-corrected chi connectivity index (χ2v) is 13.9. The molecule has 7 nitrogen and oxygen atoms in total. The molecule has 0 saturated carbocycles. The van der Waals surface area contributed by atoms with Gasteiger partial charge in [0.2, 0.25) is 0 Å². The van der Waals surface area contributed by atoms with Gasteiger partial charge < -0.3 is 24.3 Å². The highest BCUT2D eigenvalue weighted by Gasteiger charge is 2.51. The van der Waals surface area contributed by atoms with Crippen LogP contribution < -0.4 is 5.73 Å². The lowest BCUT2D eigenvalue weighted by Crippen LogP contribution is -2.48. The molecule has 0 aliphatic carbocycles. The van der Waals surface area contributed by atoms with E-state index in [9.17, 15) is 4.79 Å². The highest BCUT2D eigenvalue weighted by atomic mass is 79.9. The van der Waals surface area contributed by atoms with Gasteiger partial charge >= 0.3 is 0 Å². The van der Waals surface area contributed by atoms with E-state index in [1.54, 1.807) is 6.20 Å². The lowest BCUT2D eigenvalue weighted by Gasteiger charge is -2.39. The average Bonchev–Trinajstić information content (AvgIpc) is 3.05. The normalized spacial score (nSPS) is 26.6. The molecule has 2 aromatic rings. The van der Waals surface area contributed by atoms with Gasteiger partial charge in [0.1, 0.15) is 30.0 Å². The molecule has 1 aliphatic rings. The first kappa shape index (κ1) is 20.4. The molecule has 0 unspecified atom stereocenters. The molecule has 2 N–H and O–H groups in total. The van der Waals surface area contributed by atoms with Gasteiger partial charge in [-0.15, -0.1) is 0 Å². The van der Waals surface area contributed by atoms with Crippen LogP contribution in [0.15, 0.2) is 17.0 Å². The number of fused-ring (bicyclic) bond motifs is 1. The number of nitrogens with two attached hydrogens (primary N) is 1. The summed E-state index contributed by atoms with van der Waals surface area (Å²) in [7, 11) is -2.30. The third kappa shape index (κ3) is 3.43. The van der Waals surface area contributed by atoms with E-state index in [0.717, 1.165) is 0 Å². The number of aldehydes is 1. The van der Waals surface area contributed by atoms with E-state index in [-0.39, 0.29) is 10.9 Å². The zero-order valence-corrected chi connectivity index (χ0v) is 18.5. The van der Waals surface area contributed by atoms with Gasteiger partial charge in [0.25, 0.3) is 0 Å². The van der Waals surface area contributed by atoms with Crippen molar-refractivity contribution in [2.75, 3.05) is 5.73 Å². The molecule has 0 radical (unpaired) electrons. The number of hydrogen-bond acceptors (Lipinski definition) is 6. The zero-order chi connectivity index (χ0) is 20.1. The van der Waals surface area contributed by atoms with Gasteiger partial charge in [-0.3, -0.25) is 0 Å². The van der Waals surface area contributed by atoms with Crippen molar-refractivity contribution in [3.63, 3.8) is 0 Å². The molecular formula is C17H24BrFN4O3Si. The Labute approximate surface area is 166 Å². The first-order valence-electron chi connectivity index (χ1n) is 8.67. The summed E-state index contributed by atoms with van der Waals surface area (Å²) >= 11 is 3.41. The molecule has 1 aliphatic heterocycles. The van der Waals surface area contributed by atoms with Crippen LogP contribution in [0, 0.1) is 0 Å². The number of aromatic nitrogens is 3. The predicted molar refractivity (Wildman–Crippen MR) is 107 cm³/mol. The summed E-state index contributed by atoms with van der Waals surface area (Å²) < 4.78 is 29.5. The fraction of sp³-hybridized carbons (Fsp3) is 0.588. The second-order valence-electron chi connectivity index (χ2n) is 8.26. The Morgan fingerprint density at radius 3 is 2.67 bits per heavy atom. The highest BCUT2D eigenvalue weighted by molar-refractivity contribution is 9.10. The Balaban J connectivity index is 1.98. The van der Waals surface area contributed by atoms with Gasteiger partial charge in [-0.25, -0.2) is 14.4 Å². The maximum Gasteiger partial charge on any atom is 0.192 e. The minimum absolute atomic E-state index is 0.122. The number of rotatable bonds is 4. The summed E-state index contributed by atoms with van der Waals surface area (Å²) in [6.45, 7) is 10.2. The first-order chi connectivity index (χ1) is 12.5. The molecule has 0 spiro atoms. The van der Waals surface area contributed by atoms with E-state index in [1.807, 2.05) is 13.1 Å². The lowest BCUT2D eigenvalue weighted by atomic mass is 10.1. The molecule has 4 atom stereocenters. The SMILES string of the molecule is CC(C)(C)[Si](C)(C)O[C@H]1[C@@H](F)[C@H](n2cc(Br)c3c(N)ncnc32)O[C@@H]1C=O. The van der Waals surface area contributed by atoms with E-state index < -0.39 is 32.9 Å². The maximum atomic E-state index is 15.4. The number of halogens is 2. The van der Waals surface area contributed by atoms with Crippen LogP contribution >= 0.6 is 15.9 Å². The Hall–Kier alpha value is -1.36. The number of alkyl halides is 1. The third-order valence-electron chi connectivity index (χ3n) is 5.44. The Bertz CT molecular complexity index is 870. The zero-order valence-electron chi connectivity index (χ0n) is 15.9. The minimum atomic E-state index is -2.30. The molecule has 3 heterocycles. The number of anilines is 1. The van der Waals surface area contributed by atoms with Crippen LogP contribution in [0.5, 0.6) is 0 Å². The standard InChI is InChI=1S/C17H24BrFN4O3Si/c1-17(2,3)27(4,5)26-13-10(7-24)25-16(12(13)19)23-6-9(18)11-14(20)21-8-22-15(11)23/h6-8,10,12-13,16H,1-5H3,(H2,20,21,22)/t10-,12-,13-,16-/m1/s1. The van der Waals surface area contributed by atoms with E-state index in [4.69, 9.17) is 14.9 Å². The van der Waals surface area contributed by atoms with E-state index in [0.29, 0.717) is 21.8 Å². The van der Waals surface area contributed by atoms with E-state index in [2.05, 4.69) is 46.7 Å². The predicted octanol–water partition coefficient (Wildman–Crippen LogP) is 3.60. The molecule has 0 bridgehead atoms. The number of nitrogen functional groups attached to an aromatic ring is 1. The van der Waals surface area contributed by atoms with Crippen molar-refractivity contribution < 1.29 is 18.3 Å². The maximum absolute atomic E-state index is 15.4. The third-order valence-corrected chi connectivity index (χ3v) is 10.5. The number of hydrogen-bond donors (Lipinski definition) is 1. The summed E-state index contributed by atoms with van der Waals surface area (Å²) in [6, 6.07) is 0. The van der Waals surface area contributed by atoms with Gasteiger partial charge in [0, 0.05) is 10.7 Å². The minimum Gasteiger partial charge on any atom is -0.408 e. The fourth-order valence-electron chi connectivity index (χ4n) is 2.89. The molecule has 0 aromatic carbocycles. The van der Waals surface area contributed by atoms with Gasteiger partial charge in [0.15, 0.2) is 27.0 Å². The monoisotopic (exact) mass is 458 g/mol. The first-order valence-corrected chi connectivity index (χ1v) is 12.4. The Kier molecular flexibility index (Phi) is 5.21. The largest absolute Gasteiger partial charge is 0.408 e. The van der Waals surface area contributed by atoms with Crippen molar-refractivity contribution >= 4 is 47.4 Å². The van der Waals surface area contributed by atoms with E-state index >= 15 is 4.39 Å². The fourth-order valence-corrected chi connectivity index (χ4v) is 4.79. The topological polar surface area (TPSA) is 92.3 Å². The van der Waals surface area contributed by atoms with Crippen LogP contribution in [0.2, 0.25) is 18.1 Å². The van der Waals surface area contributed by atoms with Crippen molar-refractivity contribution in [1.82, 2.24) is 14.5 Å². The van der Waals surface area contributed by atoms with Gasteiger partial charge in [0.05, 0.1) is 5.39 Å². The molecule has 3 rings (SSSR count). The molecule has 2 aromatic heterocycles. The van der Waals surface area contributed by atoms with Gasteiger partial charge in [-0.1, -0.05) is 20.8 Å². The van der Waals surface area contributed by atoms with Crippen LogP contribution in [0.4, 0.5) is 10.2 Å². The van der Waals surface area contributed by atoms with Crippen LogP contribution in [0.3, 0.4) is 0 Å². The number of ether oxygens (including phenoxy) is 1. The van der Waals surface area contributed by atoms with Crippen molar-refractivity contribution in [3.05, 3.63) is 17.0 Å². The average molecular weight is 459 g/mol. The Morgan fingerprint density at radius 1 is 1.41 bits per heavy atom. The summed E-state index contributed by atoms with van der Waals surface area (Å²) in [5.41, 5.74) is 6.34. The van der Waals surface area contributed by atoms with Crippen LogP contribution in [-0.4, -0.2) is 47.5 Å². The van der Waals surface area contributed by atoms with Gasteiger partial charge in [-0.2, -0.15) is 0 Å². The van der Waals surface area contributed by atoms with Crippen molar-refractivity contribution in [2.45, 2.75) is 63.5 Å². The smallest absolute Gasteiger partial charge is 0.192 e. The highest BCUT2D eigenvalue weighted by Crippen LogP contribution is 2.43. The van der Waals surface area contributed by atoms with Crippen molar-refractivity contribution in [1.29, 1.82) is 0 Å². The molecule has 27 heavy (non-hydrogen) atoms. The second kappa shape index (κ2) is 6.91. The molecule has 1 saturated heterocycles. The molecule has 148 valence electrons. The van der Waals surface area contributed by atoms with Crippen LogP contribution in [-0.2, 0) is 14.0 Å². The Morgan fingerprint density at radius 2 is 2.07 bits per heavy atom. The molecule has 10 heteroatoms. The van der Waals surface area contributed by atoms with Crippen LogP contribution in [0.1, 0.15) is 27.0 Å². The van der Waals surface area contributed by atoms with Crippen LogP contribution in [0.25, 0.3) is 11.0 Å². The summed E-state index contributed by atoms with van der Waals surface area (Å²) in [4.78, 5) is 19.7.